The second kappa shape index (κ2) is 9.81. The smallest absolute Gasteiger partial charge is 0.310 e. The molecule has 1 amide bonds. The molecule has 0 saturated carbocycles. The Hall–Kier alpha value is -2.74. The summed E-state index contributed by atoms with van der Waals surface area (Å²) in [5.41, 5.74) is 2.33. The first-order chi connectivity index (χ1) is 15.2. The quantitative estimate of drug-likeness (QED) is 0.441. The predicted octanol–water partition coefficient (Wildman–Crippen LogP) is 4.54. The molecule has 0 spiro atoms. The van der Waals surface area contributed by atoms with Gasteiger partial charge in [0.15, 0.2) is 0 Å². The van der Waals surface area contributed by atoms with E-state index in [-0.39, 0.29) is 16.7 Å². The molecule has 2 aromatic carbocycles. The van der Waals surface area contributed by atoms with Crippen LogP contribution >= 0.6 is 23.2 Å². The number of carbonyl (C=O) groups is 2. The molecule has 2 atom stereocenters. The molecule has 3 aromatic rings. The number of carboxylic acid groups (broad SMARTS) is 1. The number of aromatic nitrogens is 1. The number of aryl methyl sites for hydroxylation is 1. The van der Waals surface area contributed by atoms with Gasteiger partial charge >= 0.3 is 5.97 Å². The number of benzene rings is 2. The van der Waals surface area contributed by atoms with E-state index in [1.165, 1.54) is 7.11 Å². The molecule has 7 nitrogen and oxygen atoms in total. The Kier molecular flexibility index (Phi) is 7.33. The van der Waals surface area contributed by atoms with Crippen molar-refractivity contribution >= 4 is 46.0 Å². The van der Waals surface area contributed by atoms with E-state index in [2.05, 4.69) is 5.32 Å². The zero-order valence-corrected chi connectivity index (χ0v) is 19.4. The van der Waals surface area contributed by atoms with Gasteiger partial charge in [0, 0.05) is 18.5 Å². The van der Waals surface area contributed by atoms with Gasteiger partial charge < -0.3 is 24.8 Å². The minimum atomic E-state index is -0.890. The summed E-state index contributed by atoms with van der Waals surface area (Å²) < 4.78 is 6.92. The topological polar surface area (TPSA) is 101 Å². The zero-order chi connectivity index (χ0) is 23.6. The normalized spacial score (nSPS) is 13.1. The maximum atomic E-state index is 13.0. The molecular formula is C23H24Cl2N2O5. The lowest BCUT2D eigenvalue weighted by Gasteiger charge is -2.18. The van der Waals surface area contributed by atoms with Gasteiger partial charge in [0.2, 0.25) is 0 Å². The number of nitrogens with zero attached hydrogens (tertiary/aromatic N) is 1. The Morgan fingerprint density at radius 3 is 2.28 bits per heavy atom. The fraction of sp³-hybridized carbons (Fsp3) is 0.304. The first-order valence-corrected chi connectivity index (χ1v) is 10.7. The third-order valence-corrected chi connectivity index (χ3v) is 6.45. The Morgan fingerprint density at radius 1 is 1.12 bits per heavy atom. The molecule has 3 N–H and O–H groups in total. The van der Waals surface area contributed by atoms with Crippen LogP contribution in [0.5, 0.6) is 5.75 Å². The average molecular weight is 479 g/mol. The average Bonchev–Trinajstić information content (AvgIpc) is 3.11. The Bertz CT molecular complexity index is 1160. The fourth-order valence-electron chi connectivity index (χ4n) is 3.73. The van der Waals surface area contributed by atoms with Gasteiger partial charge in [-0.3, -0.25) is 9.59 Å². The van der Waals surface area contributed by atoms with Crippen LogP contribution < -0.4 is 10.1 Å². The van der Waals surface area contributed by atoms with E-state index in [4.69, 9.17) is 27.9 Å². The van der Waals surface area contributed by atoms with Gasteiger partial charge in [-0.2, -0.15) is 0 Å². The fourth-order valence-corrected chi connectivity index (χ4v) is 4.21. The maximum absolute atomic E-state index is 13.0. The van der Waals surface area contributed by atoms with Gasteiger partial charge in [0.1, 0.15) is 16.5 Å². The first-order valence-electron chi connectivity index (χ1n) is 9.99. The number of halogens is 2. The predicted molar refractivity (Wildman–Crippen MR) is 124 cm³/mol. The number of hydrogen-bond acceptors (Lipinski definition) is 4. The molecule has 32 heavy (non-hydrogen) atoms. The molecule has 1 aromatic heterocycles. The number of carbonyl (C=O) groups excluding carboxylic acids is 1. The number of rotatable bonds is 8. The van der Waals surface area contributed by atoms with Gasteiger partial charge in [-0.15, -0.1) is 0 Å². The molecule has 3 rings (SSSR count). The van der Waals surface area contributed by atoms with Gasteiger partial charge in [-0.1, -0.05) is 54.4 Å². The van der Waals surface area contributed by atoms with Crippen molar-refractivity contribution in [1.29, 1.82) is 0 Å². The van der Waals surface area contributed by atoms with E-state index in [0.29, 0.717) is 39.9 Å². The van der Waals surface area contributed by atoms with Crippen molar-refractivity contribution in [3.63, 3.8) is 0 Å². The highest BCUT2D eigenvalue weighted by Crippen LogP contribution is 2.39. The number of aliphatic carboxylic acids is 1. The summed E-state index contributed by atoms with van der Waals surface area (Å²) in [7, 11) is 3.21. The van der Waals surface area contributed by atoms with Crippen molar-refractivity contribution in [3.8, 4) is 5.75 Å². The van der Waals surface area contributed by atoms with Crippen molar-refractivity contribution in [2.75, 3.05) is 13.7 Å². The standard InChI is InChI=1S/C23H24Cl2N2O5/c1-4-14(23(30)31)12-5-7-13(8-6-12)16(11-28)26-22(29)18-9-15-17(27(18)2)10-19(32-3)21(25)20(15)24/h5-10,14,16,28H,4,11H2,1-3H3,(H,26,29)(H,30,31). The molecule has 0 saturated heterocycles. The van der Waals surface area contributed by atoms with Crippen LogP contribution in [0.4, 0.5) is 0 Å². The van der Waals surface area contributed by atoms with Crippen molar-refractivity contribution in [2.24, 2.45) is 7.05 Å². The van der Waals surface area contributed by atoms with E-state index in [1.807, 2.05) is 6.92 Å². The molecule has 9 heteroatoms. The van der Waals surface area contributed by atoms with Gasteiger partial charge in [-0.05, 0) is 23.6 Å². The summed E-state index contributed by atoms with van der Waals surface area (Å²) in [5, 5.41) is 23.2. The van der Waals surface area contributed by atoms with Crippen molar-refractivity contribution in [1.82, 2.24) is 9.88 Å². The highest BCUT2D eigenvalue weighted by Gasteiger charge is 2.22. The van der Waals surface area contributed by atoms with Crippen LogP contribution in [0, 0.1) is 0 Å². The number of hydrogen-bond donors (Lipinski definition) is 3. The summed E-state index contributed by atoms with van der Waals surface area (Å²) >= 11 is 12.6. The van der Waals surface area contributed by atoms with Crippen LogP contribution in [0.2, 0.25) is 10.0 Å². The van der Waals surface area contributed by atoms with E-state index in [0.717, 1.165) is 0 Å². The molecule has 2 unspecified atom stereocenters. The SMILES string of the molecule is CCC(C(=O)O)c1ccc(C(CO)NC(=O)c2cc3c(Cl)c(Cl)c(OC)cc3n2C)cc1. The molecule has 0 bridgehead atoms. The first kappa shape index (κ1) is 23.9. The molecular weight excluding hydrogens is 455 g/mol. The van der Waals surface area contributed by atoms with Crippen LogP contribution in [0.25, 0.3) is 10.9 Å². The summed E-state index contributed by atoms with van der Waals surface area (Å²) in [6.07, 6.45) is 0.466. The van der Waals surface area contributed by atoms with Crippen molar-refractivity contribution in [2.45, 2.75) is 25.3 Å². The van der Waals surface area contributed by atoms with Gasteiger partial charge in [0.05, 0.1) is 36.2 Å². The Balaban J connectivity index is 1.88. The number of aliphatic hydroxyl groups is 1. The summed E-state index contributed by atoms with van der Waals surface area (Å²) in [6.45, 7) is 1.48. The molecule has 170 valence electrons. The van der Waals surface area contributed by atoms with Gasteiger partial charge in [0.25, 0.3) is 5.91 Å². The van der Waals surface area contributed by atoms with E-state index >= 15 is 0 Å². The lowest BCUT2D eigenvalue weighted by molar-refractivity contribution is -0.138. The van der Waals surface area contributed by atoms with Crippen LogP contribution in [0.1, 0.15) is 46.9 Å². The monoisotopic (exact) mass is 478 g/mol. The van der Waals surface area contributed by atoms with Crippen LogP contribution in [0.3, 0.4) is 0 Å². The van der Waals surface area contributed by atoms with Crippen molar-refractivity contribution in [3.05, 3.63) is 63.3 Å². The number of carboxylic acids is 1. The van der Waals surface area contributed by atoms with E-state index < -0.39 is 23.8 Å². The second-order valence-electron chi connectivity index (χ2n) is 7.40. The molecule has 0 aliphatic rings. The summed E-state index contributed by atoms with van der Waals surface area (Å²) in [5.74, 6) is -1.50. The van der Waals surface area contributed by atoms with Gasteiger partial charge in [-0.25, -0.2) is 0 Å². The second-order valence-corrected chi connectivity index (χ2v) is 8.16. The lowest BCUT2D eigenvalue weighted by Crippen LogP contribution is -2.32. The number of methoxy groups -OCH3 is 1. The van der Waals surface area contributed by atoms with Crippen LogP contribution in [-0.2, 0) is 11.8 Å². The maximum Gasteiger partial charge on any atom is 0.310 e. The highest BCUT2D eigenvalue weighted by atomic mass is 35.5. The highest BCUT2D eigenvalue weighted by molar-refractivity contribution is 6.46. The van der Waals surface area contributed by atoms with E-state index in [9.17, 15) is 19.8 Å². The molecule has 0 aliphatic carbocycles. The van der Waals surface area contributed by atoms with Crippen LogP contribution in [-0.4, -0.2) is 40.4 Å². The minimum Gasteiger partial charge on any atom is -0.495 e. The number of fused-ring (bicyclic) bond motifs is 1. The Labute approximate surface area is 195 Å². The number of ether oxygens (including phenoxy) is 1. The third-order valence-electron chi connectivity index (χ3n) is 5.58. The largest absolute Gasteiger partial charge is 0.495 e. The summed E-state index contributed by atoms with van der Waals surface area (Å²) in [4.78, 5) is 24.4. The summed E-state index contributed by atoms with van der Waals surface area (Å²) in [6, 6.07) is 9.50. The molecule has 0 radical (unpaired) electrons. The third kappa shape index (κ3) is 4.41. The number of nitrogens with one attached hydrogen (secondary N) is 1. The minimum absolute atomic E-state index is 0.263. The van der Waals surface area contributed by atoms with E-state index in [1.54, 1.807) is 48.0 Å². The zero-order valence-electron chi connectivity index (χ0n) is 17.9. The molecule has 0 aliphatic heterocycles. The molecule has 0 fully saturated rings. The lowest BCUT2D eigenvalue weighted by atomic mass is 9.94. The number of amides is 1. The van der Waals surface area contributed by atoms with Crippen LogP contribution in [0.15, 0.2) is 36.4 Å². The molecule has 1 heterocycles. The number of aliphatic hydroxyl groups excluding tert-OH is 1. The Morgan fingerprint density at radius 2 is 1.75 bits per heavy atom. The van der Waals surface area contributed by atoms with Crippen molar-refractivity contribution < 1.29 is 24.5 Å².